The zero-order valence-electron chi connectivity index (χ0n) is 12.2. The highest BCUT2D eigenvalue weighted by atomic mass is 16.4. The third-order valence-electron chi connectivity index (χ3n) is 2.65. The van der Waals surface area contributed by atoms with Gasteiger partial charge in [0, 0.05) is 19.3 Å². The molecule has 0 fully saturated rings. The van der Waals surface area contributed by atoms with Crippen molar-refractivity contribution in [2.75, 3.05) is 18.0 Å². The Kier molecular flexibility index (Phi) is 5.60. The Balaban J connectivity index is 3.14. The lowest BCUT2D eigenvalue weighted by Crippen LogP contribution is -2.33. The van der Waals surface area contributed by atoms with E-state index in [0.29, 0.717) is 17.5 Å². The standard InChI is InChI=1S/C14H24N4O/c1-10(2)8-18(9-11(3)4)12-6-5-7-16-13(12)14(15)17-19/h5-7,10-11,19H,8-9H2,1-4H3,(H2,15,17). The molecule has 3 N–H and O–H groups in total. The maximum Gasteiger partial charge on any atom is 0.190 e. The number of amidine groups is 1. The molecule has 1 aromatic heterocycles. The first-order chi connectivity index (χ1) is 8.95. The first kappa shape index (κ1) is 15.3. The van der Waals surface area contributed by atoms with Gasteiger partial charge in [-0.1, -0.05) is 32.9 Å². The van der Waals surface area contributed by atoms with Crippen LogP contribution in [0.4, 0.5) is 5.69 Å². The predicted molar refractivity (Wildman–Crippen MR) is 78.6 cm³/mol. The van der Waals surface area contributed by atoms with E-state index < -0.39 is 0 Å². The van der Waals surface area contributed by atoms with Crippen LogP contribution in [0, 0.1) is 11.8 Å². The number of pyridine rings is 1. The van der Waals surface area contributed by atoms with Gasteiger partial charge in [-0.2, -0.15) is 0 Å². The van der Waals surface area contributed by atoms with Gasteiger partial charge in [0.1, 0.15) is 5.69 Å². The van der Waals surface area contributed by atoms with Gasteiger partial charge in [0.15, 0.2) is 5.84 Å². The third kappa shape index (κ3) is 4.43. The molecule has 1 aromatic rings. The van der Waals surface area contributed by atoms with Crippen molar-refractivity contribution in [1.29, 1.82) is 0 Å². The number of anilines is 1. The van der Waals surface area contributed by atoms with Gasteiger partial charge >= 0.3 is 0 Å². The molecular formula is C14H24N4O. The maximum absolute atomic E-state index is 8.86. The minimum atomic E-state index is 0.0492. The zero-order valence-corrected chi connectivity index (χ0v) is 12.2. The monoisotopic (exact) mass is 264 g/mol. The van der Waals surface area contributed by atoms with E-state index >= 15 is 0 Å². The van der Waals surface area contributed by atoms with Gasteiger partial charge in [0.2, 0.25) is 0 Å². The Morgan fingerprint density at radius 2 is 1.89 bits per heavy atom. The fraction of sp³-hybridized carbons (Fsp3) is 0.571. The van der Waals surface area contributed by atoms with Crippen LogP contribution in [0.5, 0.6) is 0 Å². The van der Waals surface area contributed by atoms with E-state index in [9.17, 15) is 0 Å². The van der Waals surface area contributed by atoms with Crippen LogP contribution in [0.15, 0.2) is 23.5 Å². The maximum atomic E-state index is 8.86. The number of nitrogens with zero attached hydrogens (tertiary/aromatic N) is 3. The summed E-state index contributed by atoms with van der Waals surface area (Å²) >= 11 is 0. The van der Waals surface area contributed by atoms with Crippen LogP contribution in [0.3, 0.4) is 0 Å². The average Bonchev–Trinajstić information content (AvgIpc) is 2.36. The molecule has 1 rings (SSSR count). The molecule has 0 aliphatic carbocycles. The molecule has 19 heavy (non-hydrogen) atoms. The second kappa shape index (κ2) is 6.97. The lowest BCUT2D eigenvalue weighted by atomic mass is 10.1. The predicted octanol–water partition coefficient (Wildman–Crippen LogP) is 2.29. The lowest BCUT2D eigenvalue weighted by Gasteiger charge is -2.29. The smallest absolute Gasteiger partial charge is 0.190 e. The molecule has 0 saturated heterocycles. The quantitative estimate of drug-likeness (QED) is 0.358. The number of oxime groups is 1. The highest BCUT2D eigenvalue weighted by Crippen LogP contribution is 2.20. The van der Waals surface area contributed by atoms with Gasteiger partial charge in [-0.3, -0.25) is 4.98 Å². The Morgan fingerprint density at radius 3 is 2.37 bits per heavy atom. The molecule has 0 spiro atoms. The van der Waals surface area contributed by atoms with Crippen LogP contribution in [-0.4, -0.2) is 29.1 Å². The highest BCUT2D eigenvalue weighted by molar-refractivity contribution is 6.00. The number of hydrogen-bond acceptors (Lipinski definition) is 4. The normalized spacial score (nSPS) is 12.2. The number of rotatable bonds is 6. The van der Waals surface area contributed by atoms with Crippen LogP contribution in [0.25, 0.3) is 0 Å². The lowest BCUT2D eigenvalue weighted by molar-refractivity contribution is 0.318. The molecule has 0 atom stereocenters. The molecule has 0 aliphatic heterocycles. The summed E-state index contributed by atoms with van der Waals surface area (Å²) in [6.07, 6.45) is 1.65. The largest absolute Gasteiger partial charge is 0.409 e. The van der Waals surface area contributed by atoms with E-state index in [0.717, 1.165) is 18.8 Å². The van der Waals surface area contributed by atoms with E-state index in [4.69, 9.17) is 10.9 Å². The highest BCUT2D eigenvalue weighted by Gasteiger charge is 2.17. The number of hydrogen-bond donors (Lipinski definition) is 2. The second-order valence-corrected chi connectivity index (χ2v) is 5.55. The van der Waals surface area contributed by atoms with Crippen LogP contribution in [-0.2, 0) is 0 Å². The summed E-state index contributed by atoms with van der Waals surface area (Å²) in [7, 11) is 0. The Bertz CT molecular complexity index is 419. The third-order valence-corrected chi connectivity index (χ3v) is 2.65. The van der Waals surface area contributed by atoms with Gasteiger partial charge in [-0.05, 0) is 24.0 Å². The number of nitrogens with two attached hydrogens (primary N) is 1. The van der Waals surface area contributed by atoms with Crippen molar-refractivity contribution in [2.24, 2.45) is 22.7 Å². The summed E-state index contributed by atoms with van der Waals surface area (Å²) in [5, 5.41) is 11.9. The molecule has 0 bridgehead atoms. The van der Waals surface area contributed by atoms with Gasteiger partial charge in [0.05, 0.1) is 5.69 Å². The van der Waals surface area contributed by atoms with Crippen LogP contribution in [0.2, 0.25) is 0 Å². The SMILES string of the molecule is CC(C)CN(CC(C)C)c1cccnc1/C(N)=N/O. The molecular weight excluding hydrogens is 240 g/mol. The molecule has 0 radical (unpaired) electrons. The summed E-state index contributed by atoms with van der Waals surface area (Å²) in [4.78, 5) is 6.47. The zero-order chi connectivity index (χ0) is 14.4. The number of aromatic nitrogens is 1. The fourth-order valence-electron chi connectivity index (χ4n) is 2.05. The Labute approximate surface area is 115 Å². The first-order valence-corrected chi connectivity index (χ1v) is 6.63. The van der Waals surface area contributed by atoms with Gasteiger partial charge in [-0.15, -0.1) is 0 Å². The topological polar surface area (TPSA) is 74.7 Å². The molecule has 0 unspecified atom stereocenters. The summed E-state index contributed by atoms with van der Waals surface area (Å²) < 4.78 is 0. The first-order valence-electron chi connectivity index (χ1n) is 6.63. The van der Waals surface area contributed by atoms with Crippen molar-refractivity contribution in [2.45, 2.75) is 27.7 Å². The summed E-state index contributed by atoms with van der Waals surface area (Å²) in [5.74, 6) is 1.10. The van der Waals surface area contributed by atoms with Crippen molar-refractivity contribution in [3.63, 3.8) is 0 Å². The fourth-order valence-corrected chi connectivity index (χ4v) is 2.05. The average molecular weight is 264 g/mol. The molecule has 0 amide bonds. The minimum Gasteiger partial charge on any atom is -0.409 e. The van der Waals surface area contributed by atoms with Gasteiger partial charge in [-0.25, -0.2) is 0 Å². The summed E-state index contributed by atoms with van der Waals surface area (Å²) in [6.45, 7) is 10.5. The van der Waals surface area contributed by atoms with Crippen LogP contribution < -0.4 is 10.6 Å². The molecule has 0 aromatic carbocycles. The Hall–Kier alpha value is -1.78. The van der Waals surface area contributed by atoms with Crippen molar-refractivity contribution in [3.05, 3.63) is 24.0 Å². The molecule has 106 valence electrons. The van der Waals surface area contributed by atoms with E-state index in [2.05, 4.69) is 42.7 Å². The van der Waals surface area contributed by atoms with Crippen molar-refractivity contribution >= 4 is 11.5 Å². The van der Waals surface area contributed by atoms with E-state index in [-0.39, 0.29) is 5.84 Å². The molecule has 5 nitrogen and oxygen atoms in total. The molecule has 5 heteroatoms. The molecule has 0 saturated carbocycles. The van der Waals surface area contributed by atoms with Gasteiger partial charge in [0.25, 0.3) is 0 Å². The van der Waals surface area contributed by atoms with E-state index in [1.54, 1.807) is 6.20 Å². The van der Waals surface area contributed by atoms with Crippen LogP contribution in [0.1, 0.15) is 33.4 Å². The van der Waals surface area contributed by atoms with Crippen molar-refractivity contribution in [3.8, 4) is 0 Å². The summed E-state index contributed by atoms with van der Waals surface area (Å²) in [5.41, 5.74) is 7.16. The van der Waals surface area contributed by atoms with Crippen LogP contribution >= 0.6 is 0 Å². The van der Waals surface area contributed by atoms with Crippen molar-refractivity contribution < 1.29 is 5.21 Å². The molecule has 0 aliphatic rings. The molecule has 1 heterocycles. The Morgan fingerprint density at radius 1 is 1.32 bits per heavy atom. The summed E-state index contributed by atoms with van der Waals surface area (Å²) in [6, 6.07) is 3.84. The second-order valence-electron chi connectivity index (χ2n) is 5.55. The van der Waals surface area contributed by atoms with Crippen molar-refractivity contribution in [1.82, 2.24) is 4.98 Å². The van der Waals surface area contributed by atoms with Gasteiger partial charge < -0.3 is 15.8 Å². The minimum absolute atomic E-state index is 0.0492. The van der Waals surface area contributed by atoms with E-state index in [1.807, 2.05) is 12.1 Å². The van der Waals surface area contributed by atoms with E-state index in [1.165, 1.54) is 0 Å².